The van der Waals surface area contributed by atoms with E-state index < -0.39 is 16.1 Å². The lowest BCUT2D eigenvalue weighted by molar-refractivity contribution is 0.198. The second kappa shape index (κ2) is 6.72. The second-order valence-electron chi connectivity index (χ2n) is 4.02. The van der Waals surface area contributed by atoms with Crippen LogP contribution >= 0.6 is 0 Å². The van der Waals surface area contributed by atoms with Crippen molar-refractivity contribution in [3.63, 3.8) is 0 Å². The van der Waals surface area contributed by atoms with E-state index in [1.54, 1.807) is 12.1 Å². The standard InChI is InChI=1S/C12H19NO4S/c1-3-8-17-11-4-6-12(7-5-11)18(15,16)13-9-10(2)14/h4-7,10,13-14H,3,8-9H2,1-2H3/t10-/m0/s1. The lowest BCUT2D eigenvalue weighted by atomic mass is 10.3. The summed E-state index contributed by atoms with van der Waals surface area (Å²) in [6.45, 7) is 4.12. The quantitative estimate of drug-likeness (QED) is 0.781. The Morgan fingerprint density at radius 2 is 1.94 bits per heavy atom. The molecule has 0 spiro atoms. The van der Waals surface area contributed by atoms with Gasteiger partial charge in [-0.1, -0.05) is 6.92 Å². The molecule has 18 heavy (non-hydrogen) atoms. The Morgan fingerprint density at radius 3 is 2.44 bits per heavy atom. The Bertz CT molecular complexity index is 453. The molecule has 0 saturated heterocycles. The van der Waals surface area contributed by atoms with Crippen LogP contribution in [0.3, 0.4) is 0 Å². The number of benzene rings is 1. The molecule has 1 rings (SSSR count). The van der Waals surface area contributed by atoms with E-state index in [9.17, 15) is 8.42 Å². The fourth-order valence-electron chi connectivity index (χ4n) is 1.25. The van der Waals surface area contributed by atoms with E-state index in [4.69, 9.17) is 9.84 Å². The van der Waals surface area contributed by atoms with E-state index in [2.05, 4.69) is 4.72 Å². The van der Waals surface area contributed by atoms with Gasteiger partial charge in [-0.15, -0.1) is 0 Å². The maximum Gasteiger partial charge on any atom is 0.240 e. The van der Waals surface area contributed by atoms with Gasteiger partial charge in [0.25, 0.3) is 0 Å². The van der Waals surface area contributed by atoms with Crippen molar-refractivity contribution >= 4 is 10.0 Å². The van der Waals surface area contributed by atoms with Crippen molar-refractivity contribution in [1.29, 1.82) is 0 Å². The van der Waals surface area contributed by atoms with Crippen molar-refractivity contribution in [2.45, 2.75) is 31.3 Å². The molecular formula is C12H19NO4S. The Morgan fingerprint density at radius 1 is 1.33 bits per heavy atom. The minimum atomic E-state index is -3.56. The molecule has 0 radical (unpaired) electrons. The van der Waals surface area contributed by atoms with Gasteiger partial charge in [-0.05, 0) is 37.6 Å². The number of aliphatic hydroxyl groups excluding tert-OH is 1. The van der Waals surface area contributed by atoms with Crippen molar-refractivity contribution in [3.8, 4) is 5.75 Å². The molecule has 1 aromatic rings. The normalized spacial score (nSPS) is 13.3. The van der Waals surface area contributed by atoms with Crippen molar-refractivity contribution < 1.29 is 18.3 Å². The number of nitrogens with one attached hydrogen (secondary N) is 1. The van der Waals surface area contributed by atoms with Crippen LogP contribution in [0.15, 0.2) is 29.2 Å². The molecule has 102 valence electrons. The highest BCUT2D eigenvalue weighted by molar-refractivity contribution is 7.89. The first-order valence-corrected chi connectivity index (χ1v) is 7.34. The molecule has 0 heterocycles. The first kappa shape index (κ1) is 14.9. The van der Waals surface area contributed by atoms with E-state index in [1.165, 1.54) is 19.1 Å². The number of hydrogen-bond acceptors (Lipinski definition) is 4. The van der Waals surface area contributed by atoms with Gasteiger partial charge in [-0.3, -0.25) is 0 Å². The zero-order chi connectivity index (χ0) is 13.6. The van der Waals surface area contributed by atoms with Gasteiger partial charge in [-0.25, -0.2) is 13.1 Å². The summed E-state index contributed by atoms with van der Waals surface area (Å²) in [6, 6.07) is 6.20. The predicted molar refractivity (Wildman–Crippen MR) is 69.1 cm³/mol. The van der Waals surface area contributed by atoms with E-state index in [-0.39, 0.29) is 11.4 Å². The van der Waals surface area contributed by atoms with Crippen LogP contribution in [0.2, 0.25) is 0 Å². The van der Waals surface area contributed by atoms with Crippen LogP contribution in [0.25, 0.3) is 0 Å². The van der Waals surface area contributed by atoms with Crippen LogP contribution in [-0.2, 0) is 10.0 Å². The third-order valence-corrected chi connectivity index (χ3v) is 3.62. The van der Waals surface area contributed by atoms with Crippen molar-refractivity contribution in [2.75, 3.05) is 13.2 Å². The Hall–Kier alpha value is -1.11. The van der Waals surface area contributed by atoms with Crippen molar-refractivity contribution in [3.05, 3.63) is 24.3 Å². The summed E-state index contributed by atoms with van der Waals surface area (Å²) in [6.07, 6.45) is 0.183. The number of aliphatic hydroxyl groups is 1. The summed E-state index contributed by atoms with van der Waals surface area (Å²) >= 11 is 0. The minimum Gasteiger partial charge on any atom is -0.494 e. The van der Waals surface area contributed by atoms with Crippen LogP contribution < -0.4 is 9.46 Å². The molecular weight excluding hydrogens is 254 g/mol. The average molecular weight is 273 g/mol. The van der Waals surface area contributed by atoms with E-state index in [0.717, 1.165) is 6.42 Å². The molecule has 0 aromatic heterocycles. The third-order valence-electron chi connectivity index (χ3n) is 2.18. The number of ether oxygens (including phenoxy) is 1. The number of sulfonamides is 1. The van der Waals surface area contributed by atoms with Gasteiger partial charge in [0, 0.05) is 6.54 Å². The van der Waals surface area contributed by atoms with Gasteiger partial charge < -0.3 is 9.84 Å². The van der Waals surface area contributed by atoms with Crippen LogP contribution in [0.4, 0.5) is 0 Å². The summed E-state index contributed by atoms with van der Waals surface area (Å²) in [4.78, 5) is 0.159. The summed E-state index contributed by atoms with van der Waals surface area (Å²) < 4.78 is 31.3. The van der Waals surface area contributed by atoms with Gasteiger partial charge in [0.05, 0.1) is 17.6 Å². The smallest absolute Gasteiger partial charge is 0.240 e. The lowest BCUT2D eigenvalue weighted by Crippen LogP contribution is -2.30. The van der Waals surface area contributed by atoms with Crippen LogP contribution in [-0.4, -0.2) is 32.8 Å². The first-order chi connectivity index (χ1) is 8.45. The molecule has 0 amide bonds. The largest absolute Gasteiger partial charge is 0.494 e. The highest BCUT2D eigenvalue weighted by Gasteiger charge is 2.14. The summed E-state index contributed by atoms with van der Waals surface area (Å²) in [5.74, 6) is 0.645. The molecule has 0 aliphatic heterocycles. The second-order valence-corrected chi connectivity index (χ2v) is 5.79. The summed E-state index contributed by atoms with van der Waals surface area (Å²) in [5.41, 5.74) is 0. The lowest BCUT2D eigenvalue weighted by Gasteiger charge is -2.09. The predicted octanol–water partition coefficient (Wildman–Crippen LogP) is 1.13. The Labute approximate surface area is 108 Å². The van der Waals surface area contributed by atoms with Crippen molar-refractivity contribution in [2.24, 2.45) is 0 Å². The molecule has 0 saturated carbocycles. The molecule has 0 unspecified atom stereocenters. The van der Waals surface area contributed by atoms with E-state index in [0.29, 0.717) is 12.4 Å². The molecule has 1 atom stereocenters. The van der Waals surface area contributed by atoms with Crippen molar-refractivity contribution in [1.82, 2.24) is 4.72 Å². The van der Waals surface area contributed by atoms with Crippen LogP contribution in [0.1, 0.15) is 20.3 Å². The average Bonchev–Trinajstić information content (AvgIpc) is 2.34. The zero-order valence-corrected chi connectivity index (χ0v) is 11.4. The first-order valence-electron chi connectivity index (χ1n) is 5.86. The Balaban J connectivity index is 2.71. The molecule has 0 aliphatic rings. The maximum absolute atomic E-state index is 11.8. The van der Waals surface area contributed by atoms with E-state index in [1.807, 2.05) is 6.92 Å². The number of rotatable bonds is 7. The molecule has 0 fully saturated rings. The molecule has 1 aromatic carbocycles. The summed E-state index contributed by atoms with van der Waals surface area (Å²) in [7, 11) is -3.56. The molecule has 0 bridgehead atoms. The third kappa shape index (κ3) is 4.64. The van der Waals surface area contributed by atoms with Gasteiger partial charge in [0.1, 0.15) is 5.75 Å². The maximum atomic E-state index is 11.8. The topological polar surface area (TPSA) is 75.6 Å². The van der Waals surface area contributed by atoms with Gasteiger partial charge >= 0.3 is 0 Å². The van der Waals surface area contributed by atoms with E-state index >= 15 is 0 Å². The van der Waals surface area contributed by atoms with Gasteiger partial charge in [-0.2, -0.15) is 0 Å². The minimum absolute atomic E-state index is 0.00355. The van der Waals surface area contributed by atoms with Gasteiger partial charge in [0.2, 0.25) is 10.0 Å². The monoisotopic (exact) mass is 273 g/mol. The van der Waals surface area contributed by atoms with Gasteiger partial charge in [0.15, 0.2) is 0 Å². The summed E-state index contributed by atoms with van der Waals surface area (Å²) in [5, 5.41) is 9.06. The zero-order valence-electron chi connectivity index (χ0n) is 10.6. The molecule has 0 aliphatic carbocycles. The SMILES string of the molecule is CCCOc1ccc(S(=O)(=O)NC[C@H](C)O)cc1. The van der Waals surface area contributed by atoms with Crippen LogP contribution in [0, 0.1) is 0 Å². The number of hydrogen-bond donors (Lipinski definition) is 2. The highest BCUT2D eigenvalue weighted by Crippen LogP contribution is 2.15. The highest BCUT2D eigenvalue weighted by atomic mass is 32.2. The van der Waals surface area contributed by atoms with Crippen LogP contribution in [0.5, 0.6) is 5.75 Å². The molecule has 2 N–H and O–H groups in total. The fourth-order valence-corrected chi connectivity index (χ4v) is 2.37. The fraction of sp³-hybridized carbons (Fsp3) is 0.500. The Kier molecular flexibility index (Phi) is 5.58. The molecule has 5 nitrogen and oxygen atoms in total. The molecule has 6 heteroatoms.